The number of rotatable bonds is 5. The molecule has 108 valence electrons. The molecule has 1 aliphatic heterocycles. The van der Waals surface area contributed by atoms with E-state index < -0.39 is 0 Å². The zero-order chi connectivity index (χ0) is 13.8. The topological polar surface area (TPSA) is 21.1 Å². The van der Waals surface area contributed by atoms with Crippen molar-refractivity contribution in [2.75, 3.05) is 13.1 Å². The highest BCUT2D eigenvalue weighted by molar-refractivity contribution is 5.74. The van der Waals surface area contributed by atoms with E-state index in [4.69, 9.17) is 0 Å². The summed E-state index contributed by atoms with van der Waals surface area (Å²) in [5.41, 5.74) is 2.37. The second kappa shape index (κ2) is 6.40. The van der Waals surface area contributed by atoms with Crippen LogP contribution >= 0.6 is 0 Å². The standard InChI is InChI=1S/C17H25N3/c1-2-15-8-5-6-11-19(15)12-7-13-20-14-18-16-9-3-4-10-17(16)20/h3-4,9-10,14-15H,2,5-8,11-13H2,1H3/t15-/m0/s1. The average Bonchev–Trinajstić information content (AvgIpc) is 2.91. The Morgan fingerprint density at radius 3 is 3.00 bits per heavy atom. The Labute approximate surface area is 121 Å². The molecule has 1 fully saturated rings. The number of hydrogen-bond acceptors (Lipinski definition) is 2. The highest BCUT2D eigenvalue weighted by Gasteiger charge is 2.19. The van der Waals surface area contributed by atoms with Gasteiger partial charge in [0, 0.05) is 19.1 Å². The van der Waals surface area contributed by atoms with Crippen LogP contribution < -0.4 is 0 Å². The lowest BCUT2D eigenvalue weighted by Crippen LogP contribution is -2.39. The van der Waals surface area contributed by atoms with Crippen LogP contribution in [0.5, 0.6) is 0 Å². The Kier molecular flexibility index (Phi) is 4.36. The summed E-state index contributed by atoms with van der Waals surface area (Å²) in [6.45, 7) is 5.92. The highest BCUT2D eigenvalue weighted by Crippen LogP contribution is 2.20. The fourth-order valence-electron chi connectivity index (χ4n) is 3.45. The molecule has 20 heavy (non-hydrogen) atoms. The van der Waals surface area contributed by atoms with Crippen LogP contribution in [-0.2, 0) is 6.54 Å². The van der Waals surface area contributed by atoms with Crippen LogP contribution in [0, 0.1) is 0 Å². The summed E-state index contributed by atoms with van der Waals surface area (Å²) >= 11 is 0. The SMILES string of the molecule is CC[C@H]1CCCCN1CCCn1cnc2ccccc21. The maximum absolute atomic E-state index is 4.46. The first-order valence-corrected chi connectivity index (χ1v) is 8.02. The molecular formula is C17H25N3. The minimum Gasteiger partial charge on any atom is -0.331 e. The summed E-state index contributed by atoms with van der Waals surface area (Å²) in [7, 11) is 0. The summed E-state index contributed by atoms with van der Waals surface area (Å²) in [6.07, 6.45) is 8.69. The number of imidazole rings is 1. The van der Waals surface area contributed by atoms with Gasteiger partial charge in [-0.25, -0.2) is 4.98 Å². The van der Waals surface area contributed by atoms with E-state index in [1.54, 1.807) is 0 Å². The van der Waals surface area contributed by atoms with E-state index >= 15 is 0 Å². The number of aromatic nitrogens is 2. The molecule has 1 aromatic heterocycles. The van der Waals surface area contributed by atoms with Gasteiger partial charge in [0.15, 0.2) is 0 Å². The van der Waals surface area contributed by atoms with Crippen molar-refractivity contribution < 1.29 is 0 Å². The Hall–Kier alpha value is -1.35. The molecule has 3 nitrogen and oxygen atoms in total. The number of nitrogens with zero attached hydrogens (tertiary/aromatic N) is 3. The van der Waals surface area contributed by atoms with Crippen LogP contribution in [0.25, 0.3) is 11.0 Å². The molecule has 0 aliphatic carbocycles. The summed E-state index contributed by atoms with van der Waals surface area (Å²) in [6, 6.07) is 9.22. The van der Waals surface area contributed by atoms with E-state index in [1.165, 1.54) is 50.7 Å². The van der Waals surface area contributed by atoms with Gasteiger partial charge >= 0.3 is 0 Å². The number of hydrogen-bond donors (Lipinski definition) is 0. The molecule has 0 bridgehead atoms. The van der Waals surface area contributed by atoms with Crippen LogP contribution in [0.1, 0.15) is 39.0 Å². The predicted molar refractivity (Wildman–Crippen MR) is 83.9 cm³/mol. The third-order valence-corrected chi connectivity index (χ3v) is 4.59. The fourth-order valence-corrected chi connectivity index (χ4v) is 3.45. The van der Waals surface area contributed by atoms with Gasteiger partial charge in [0.2, 0.25) is 0 Å². The van der Waals surface area contributed by atoms with Crippen molar-refractivity contribution >= 4 is 11.0 Å². The van der Waals surface area contributed by atoms with E-state index in [0.29, 0.717) is 0 Å². The number of aryl methyl sites for hydroxylation is 1. The molecule has 3 heteroatoms. The second-order valence-electron chi connectivity index (χ2n) is 5.87. The van der Waals surface area contributed by atoms with Gasteiger partial charge in [-0.3, -0.25) is 0 Å². The lowest BCUT2D eigenvalue weighted by Gasteiger charge is -2.35. The van der Waals surface area contributed by atoms with Crippen LogP contribution in [0.2, 0.25) is 0 Å². The van der Waals surface area contributed by atoms with E-state index in [2.05, 4.69) is 45.6 Å². The molecular weight excluding hydrogens is 246 g/mol. The maximum atomic E-state index is 4.46. The maximum Gasteiger partial charge on any atom is 0.0958 e. The minimum atomic E-state index is 0.822. The molecule has 0 N–H and O–H groups in total. The van der Waals surface area contributed by atoms with Gasteiger partial charge in [0.1, 0.15) is 0 Å². The van der Waals surface area contributed by atoms with Crippen molar-refractivity contribution in [3.8, 4) is 0 Å². The van der Waals surface area contributed by atoms with Gasteiger partial charge in [-0.15, -0.1) is 0 Å². The fraction of sp³-hybridized carbons (Fsp3) is 0.588. The quantitative estimate of drug-likeness (QED) is 0.827. The third-order valence-electron chi connectivity index (χ3n) is 4.59. The minimum absolute atomic E-state index is 0.822. The van der Waals surface area contributed by atoms with Crippen molar-refractivity contribution in [3.63, 3.8) is 0 Å². The van der Waals surface area contributed by atoms with E-state index in [9.17, 15) is 0 Å². The summed E-state index contributed by atoms with van der Waals surface area (Å²) in [5, 5.41) is 0. The van der Waals surface area contributed by atoms with E-state index in [-0.39, 0.29) is 0 Å². The van der Waals surface area contributed by atoms with E-state index in [1.807, 2.05) is 6.33 Å². The normalized spacial score (nSPS) is 20.6. The lowest BCUT2D eigenvalue weighted by atomic mass is 10.00. The van der Waals surface area contributed by atoms with Gasteiger partial charge in [0.05, 0.1) is 17.4 Å². The first-order chi connectivity index (χ1) is 9.88. The molecule has 1 atom stereocenters. The van der Waals surface area contributed by atoms with Gasteiger partial charge < -0.3 is 9.47 Å². The lowest BCUT2D eigenvalue weighted by molar-refractivity contribution is 0.141. The van der Waals surface area contributed by atoms with Crippen molar-refractivity contribution in [2.45, 2.75) is 51.6 Å². The predicted octanol–water partition coefficient (Wildman–Crippen LogP) is 3.69. The van der Waals surface area contributed by atoms with Crippen molar-refractivity contribution in [1.82, 2.24) is 14.5 Å². The first kappa shape index (κ1) is 13.6. The van der Waals surface area contributed by atoms with Crippen molar-refractivity contribution in [1.29, 1.82) is 0 Å². The molecule has 0 unspecified atom stereocenters. The first-order valence-electron chi connectivity index (χ1n) is 8.02. The number of para-hydroxylation sites is 2. The number of piperidine rings is 1. The largest absolute Gasteiger partial charge is 0.331 e. The summed E-state index contributed by atoms with van der Waals surface area (Å²) in [5.74, 6) is 0. The number of benzene rings is 1. The van der Waals surface area contributed by atoms with Crippen LogP contribution in [0.3, 0.4) is 0 Å². The van der Waals surface area contributed by atoms with Gasteiger partial charge in [-0.1, -0.05) is 25.5 Å². The van der Waals surface area contributed by atoms with Gasteiger partial charge in [-0.2, -0.15) is 0 Å². The molecule has 2 heterocycles. The zero-order valence-electron chi connectivity index (χ0n) is 12.5. The average molecular weight is 271 g/mol. The Bertz CT molecular complexity index is 546. The molecule has 3 rings (SSSR count). The molecule has 1 aliphatic rings. The summed E-state index contributed by atoms with van der Waals surface area (Å²) < 4.78 is 2.29. The van der Waals surface area contributed by atoms with E-state index in [0.717, 1.165) is 18.1 Å². The Morgan fingerprint density at radius 1 is 1.20 bits per heavy atom. The zero-order valence-corrected chi connectivity index (χ0v) is 12.5. The molecule has 1 aromatic carbocycles. The number of fused-ring (bicyclic) bond motifs is 1. The van der Waals surface area contributed by atoms with Crippen LogP contribution in [-0.4, -0.2) is 33.6 Å². The summed E-state index contributed by atoms with van der Waals surface area (Å²) in [4.78, 5) is 7.16. The molecule has 2 aromatic rings. The highest BCUT2D eigenvalue weighted by atomic mass is 15.2. The Morgan fingerprint density at radius 2 is 2.10 bits per heavy atom. The molecule has 0 spiro atoms. The van der Waals surface area contributed by atoms with Gasteiger partial charge in [-0.05, 0) is 44.4 Å². The smallest absolute Gasteiger partial charge is 0.0958 e. The van der Waals surface area contributed by atoms with Crippen LogP contribution in [0.15, 0.2) is 30.6 Å². The molecule has 1 saturated heterocycles. The number of likely N-dealkylation sites (tertiary alicyclic amines) is 1. The third kappa shape index (κ3) is 2.88. The molecule has 0 saturated carbocycles. The van der Waals surface area contributed by atoms with Crippen LogP contribution in [0.4, 0.5) is 0 Å². The monoisotopic (exact) mass is 271 g/mol. The second-order valence-corrected chi connectivity index (χ2v) is 5.87. The van der Waals surface area contributed by atoms with Crippen molar-refractivity contribution in [3.05, 3.63) is 30.6 Å². The van der Waals surface area contributed by atoms with Gasteiger partial charge in [0.25, 0.3) is 0 Å². The molecule has 0 radical (unpaired) electrons. The molecule has 0 amide bonds. The Balaban J connectivity index is 1.57. The van der Waals surface area contributed by atoms with Crippen molar-refractivity contribution in [2.24, 2.45) is 0 Å².